The molecule has 2 aromatic heterocycles. The molecule has 22 heavy (non-hydrogen) atoms. The molecular formula is C17H21FN4. The summed E-state index contributed by atoms with van der Waals surface area (Å²) in [5.41, 5.74) is 2.97. The van der Waals surface area contributed by atoms with Crippen LogP contribution in [0.25, 0.3) is 22.0 Å². The smallest absolute Gasteiger partial charge is 0.125 e. The van der Waals surface area contributed by atoms with Crippen LogP contribution in [0.4, 0.5) is 4.39 Å². The average molecular weight is 300 g/mol. The molecule has 2 N–H and O–H groups in total. The summed E-state index contributed by atoms with van der Waals surface area (Å²) in [7, 11) is 0. The summed E-state index contributed by atoms with van der Waals surface area (Å²) in [6.07, 6.45) is 8.14. The minimum absolute atomic E-state index is 0. The highest BCUT2D eigenvalue weighted by Crippen LogP contribution is 2.30. The van der Waals surface area contributed by atoms with Crippen molar-refractivity contribution in [1.29, 1.82) is 0 Å². The van der Waals surface area contributed by atoms with Crippen LogP contribution in [0.3, 0.4) is 0 Å². The van der Waals surface area contributed by atoms with Gasteiger partial charge in [-0.05, 0) is 44.1 Å². The molecule has 3 aromatic rings. The normalized spacial score (nSPS) is 15.9. The molecule has 0 atom stereocenters. The first-order valence-corrected chi connectivity index (χ1v) is 7.33. The van der Waals surface area contributed by atoms with Crippen LogP contribution in [0.1, 0.15) is 26.3 Å². The third kappa shape index (κ3) is 2.52. The number of halogens is 1. The van der Waals surface area contributed by atoms with E-state index in [0.717, 1.165) is 48.0 Å². The molecule has 1 aliphatic rings. The molecule has 5 heteroatoms. The highest BCUT2D eigenvalue weighted by Gasteiger charge is 2.17. The van der Waals surface area contributed by atoms with Crippen LogP contribution in [0.5, 0.6) is 0 Å². The van der Waals surface area contributed by atoms with Gasteiger partial charge >= 0.3 is 0 Å². The molecule has 0 spiro atoms. The Hall–Kier alpha value is -2.14. The summed E-state index contributed by atoms with van der Waals surface area (Å²) in [6.45, 7) is 2.10. The largest absolute Gasteiger partial charge is 0.360 e. The summed E-state index contributed by atoms with van der Waals surface area (Å²) in [4.78, 5) is 3.13. The number of rotatable bonds is 2. The zero-order valence-corrected chi connectivity index (χ0v) is 11.6. The van der Waals surface area contributed by atoms with Crippen molar-refractivity contribution in [2.75, 3.05) is 13.1 Å². The van der Waals surface area contributed by atoms with Gasteiger partial charge in [0, 0.05) is 34.4 Å². The van der Waals surface area contributed by atoms with E-state index < -0.39 is 0 Å². The maximum Gasteiger partial charge on any atom is 0.125 e. The Morgan fingerprint density at radius 1 is 1.23 bits per heavy atom. The Morgan fingerprint density at radius 3 is 2.86 bits per heavy atom. The van der Waals surface area contributed by atoms with E-state index in [4.69, 9.17) is 0 Å². The number of benzene rings is 1. The quantitative estimate of drug-likeness (QED) is 0.757. The van der Waals surface area contributed by atoms with E-state index >= 15 is 0 Å². The van der Waals surface area contributed by atoms with E-state index in [-0.39, 0.29) is 13.2 Å². The summed E-state index contributed by atoms with van der Waals surface area (Å²) in [5, 5.41) is 8.92. The van der Waals surface area contributed by atoms with E-state index in [2.05, 4.69) is 26.3 Å². The van der Waals surface area contributed by atoms with Crippen molar-refractivity contribution in [3.63, 3.8) is 0 Å². The lowest BCUT2D eigenvalue weighted by molar-refractivity contribution is 0.343. The first kappa shape index (κ1) is 14.8. The number of nitrogens with zero attached hydrogens (tertiary/aromatic N) is 2. The minimum atomic E-state index is -0.221. The fourth-order valence-electron chi connectivity index (χ4n) is 3.09. The number of H-pyrrole nitrogens is 1. The number of nitrogens with one attached hydrogen (secondary N) is 2. The fourth-order valence-corrected chi connectivity index (χ4v) is 3.09. The van der Waals surface area contributed by atoms with Crippen LogP contribution in [0, 0.1) is 5.82 Å². The second kappa shape index (κ2) is 5.93. The van der Waals surface area contributed by atoms with Gasteiger partial charge in [0.15, 0.2) is 0 Å². The van der Waals surface area contributed by atoms with E-state index in [1.165, 1.54) is 12.1 Å². The molecule has 1 aliphatic heterocycles. The Balaban J connectivity index is 0.00000144. The molecule has 0 bridgehead atoms. The molecule has 116 valence electrons. The van der Waals surface area contributed by atoms with E-state index in [9.17, 15) is 4.39 Å². The van der Waals surface area contributed by atoms with Gasteiger partial charge in [-0.3, -0.25) is 4.68 Å². The monoisotopic (exact) mass is 300 g/mol. The van der Waals surface area contributed by atoms with Gasteiger partial charge in [-0.2, -0.15) is 5.10 Å². The van der Waals surface area contributed by atoms with E-state index in [0.29, 0.717) is 6.04 Å². The number of piperidine rings is 1. The van der Waals surface area contributed by atoms with Crippen molar-refractivity contribution in [2.45, 2.75) is 26.3 Å². The maximum absolute atomic E-state index is 13.3. The summed E-state index contributed by atoms with van der Waals surface area (Å²) in [5.74, 6) is -0.221. The van der Waals surface area contributed by atoms with Gasteiger partial charge in [0.05, 0.1) is 12.2 Å². The van der Waals surface area contributed by atoms with Crippen LogP contribution in [-0.2, 0) is 0 Å². The molecule has 0 radical (unpaired) electrons. The maximum atomic E-state index is 13.3. The predicted molar refractivity (Wildman–Crippen MR) is 87.3 cm³/mol. The zero-order chi connectivity index (χ0) is 14.2. The van der Waals surface area contributed by atoms with Gasteiger partial charge in [0.1, 0.15) is 5.82 Å². The van der Waals surface area contributed by atoms with Crippen molar-refractivity contribution in [1.82, 2.24) is 20.1 Å². The van der Waals surface area contributed by atoms with E-state index in [1.807, 2.05) is 18.5 Å². The Labute approximate surface area is 129 Å². The highest BCUT2D eigenvalue weighted by atomic mass is 19.1. The molecule has 1 fully saturated rings. The van der Waals surface area contributed by atoms with Gasteiger partial charge in [0.2, 0.25) is 0 Å². The number of aromatic nitrogens is 3. The van der Waals surface area contributed by atoms with Gasteiger partial charge in [-0.15, -0.1) is 0 Å². The second-order valence-electron chi connectivity index (χ2n) is 5.58. The second-order valence-corrected chi connectivity index (χ2v) is 5.58. The lowest BCUT2D eigenvalue weighted by atomic mass is 10.1. The fraction of sp³-hybridized carbons (Fsp3) is 0.353. The van der Waals surface area contributed by atoms with Gasteiger partial charge in [0.25, 0.3) is 0 Å². The molecule has 4 rings (SSSR count). The van der Waals surface area contributed by atoms with Crippen LogP contribution >= 0.6 is 0 Å². The lowest BCUT2D eigenvalue weighted by Crippen LogP contribution is -2.29. The first-order chi connectivity index (χ1) is 10.3. The van der Waals surface area contributed by atoms with Crippen molar-refractivity contribution >= 4 is 10.9 Å². The third-order valence-corrected chi connectivity index (χ3v) is 4.24. The topological polar surface area (TPSA) is 45.6 Å². The standard InChI is InChI=1S/C16H17FN4.CH4/c17-12-1-2-14-15(9-19-16(14)7-12)11-8-20-21(10-11)13-3-5-18-6-4-13;/h1-2,7-10,13,18-19H,3-6H2;1H4. The molecule has 4 nitrogen and oxygen atoms in total. The van der Waals surface area contributed by atoms with Gasteiger partial charge in [-0.25, -0.2) is 4.39 Å². The number of fused-ring (bicyclic) bond motifs is 1. The van der Waals surface area contributed by atoms with Crippen molar-refractivity contribution in [3.05, 3.63) is 42.6 Å². The van der Waals surface area contributed by atoms with E-state index in [1.54, 1.807) is 0 Å². The number of hydrogen-bond acceptors (Lipinski definition) is 2. The third-order valence-electron chi connectivity index (χ3n) is 4.24. The Morgan fingerprint density at radius 2 is 2.05 bits per heavy atom. The lowest BCUT2D eigenvalue weighted by Gasteiger charge is -2.22. The number of hydrogen-bond donors (Lipinski definition) is 2. The molecule has 3 heterocycles. The van der Waals surface area contributed by atoms with Crippen LogP contribution in [0.2, 0.25) is 0 Å². The zero-order valence-electron chi connectivity index (χ0n) is 11.6. The molecule has 1 saturated heterocycles. The van der Waals surface area contributed by atoms with Crippen molar-refractivity contribution in [2.24, 2.45) is 0 Å². The Bertz CT molecular complexity index is 768. The van der Waals surface area contributed by atoms with Gasteiger partial charge < -0.3 is 10.3 Å². The predicted octanol–water partition coefficient (Wildman–Crippen LogP) is 3.73. The summed E-state index contributed by atoms with van der Waals surface area (Å²) in [6, 6.07) is 5.31. The molecule has 0 amide bonds. The van der Waals surface area contributed by atoms with Gasteiger partial charge in [-0.1, -0.05) is 7.43 Å². The minimum Gasteiger partial charge on any atom is -0.360 e. The molecular weight excluding hydrogens is 279 g/mol. The highest BCUT2D eigenvalue weighted by molar-refractivity contribution is 5.95. The average Bonchev–Trinajstić information content (AvgIpc) is 3.13. The molecule has 0 unspecified atom stereocenters. The molecule has 0 aliphatic carbocycles. The summed E-state index contributed by atoms with van der Waals surface area (Å²) < 4.78 is 15.3. The molecule has 0 saturated carbocycles. The Kier molecular flexibility index (Phi) is 3.98. The summed E-state index contributed by atoms with van der Waals surface area (Å²) >= 11 is 0. The van der Waals surface area contributed by atoms with Crippen LogP contribution in [0.15, 0.2) is 36.8 Å². The van der Waals surface area contributed by atoms with Crippen molar-refractivity contribution in [3.8, 4) is 11.1 Å². The number of aromatic amines is 1. The van der Waals surface area contributed by atoms with Crippen LogP contribution in [-0.4, -0.2) is 27.9 Å². The SMILES string of the molecule is C.Fc1ccc2c(-c3cnn(C4CCNCC4)c3)c[nH]c2c1. The van der Waals surface area contributed by atoms with Crippen LogP contribution < -0.4 is 5.32 Å². The first-order valence-electron chi connectivity index (χ1n) is 7.33. The van der Waals surface area contributed by atoms with Crippen molar-refractivity contribution < 1.29 is 4.39 Å². The molecule has 1 aromatic carbocycles.